The number of allylic oxidation sites excluding steroid dienone is 5. The van der Waals surface area contributed by atoms with Crippen molar-refractivity contribution < 1.29 is 14.7 Å². The van der Waals surface area contributed by atoms with Gasteiger partial charge >= 0.3 is 5.97 Å². The van der Waals surface area contributed by atoms with E-state index in [2.05, 4.69) is 26.1 Å². The largest absolute Gasteiger partial charge is 0.478 e. The molecule has 0 aromatic carbocycles. The van der Waals surface area contributed by atoms with Crippen LogP contribution in [0, 0.1) is 5.41 Å². The first-order chi connectivity index (χ1) is 9.83. The number of carboxylic acids is 1. The van der Waals surface area contributed by atoms with E-state index in [1.165, 1.54) is 35.8 Å². The van der Waals surface area contributed by atoms with Gasteiger partial charge in [-0.05, 0) is 43.3 Å². The summed E-state index contributed by atoms with van der Waals surface area (Å²) in [6.45, 7) is 6.57. The van der Waals surface area contributed by atoms with Crippen LogP contribution in [0.1, 0.15) is 40.0 Å². The van der Waals surface area contributed by atoms with Crippen LogP contribution in [0.5, 0.6) is 0 Å². The summed E-state index contributed by atoms with van der Waals surface area (Å²) < 4.78 is 0. The molecule has 0 saturated carbocycles. The van der Waals surface area contributed by atoms with E-state index in [4.69, 9.17) is 5.11 Å². The van der Waals surface area contributed by atoms with Crippen molar-refractivity contribution in [3.05, 3.63) is 47.7 Å². The summed E-state index contributed by atoms with van der Waals surface area (Å²) in [5.41, 5.74) is 2.80. The Balaban J connectivity index is 2.58. The van der Waals surface area contributed by atoms with Gasteiger partial charge in [0.15, 0.2) is 0 Å². The van der Waals surface area contributed by atoms with Gasteiger partial charge in [-0.1, -0.05) is 31.6 Å². The number of nitrogens with one attached hydrogen (secondary N) is 1. The molecule has 0 bridgehead atoms. The lowest BCUT2D eigenvalue weighted by Gasteiger charge is -2.32. The van der Waals surface area contributed by atoms with Crippen molar-refractivity contribution in [3.63, 3.8) is 0 Å². The van der Waals surface area contributed by atoms with Crippen LogP contribution in [-0.2, 0) is 9.59 Å². The topological polar surface area (TPSA) is 66.4 Å². The summed E-state index contributed by atoms with van der Waals surface area (Å²) in [4.78, 5) is 21.8. The van der Waals surface area contributed by atoms with Crippen LogP contribution in [0.15, 0.2) is 47.7 Å². The fourth-order valence-electron chi connectivity index (χ4n) is 2.55. The minimum atomic E-state index is -1.04. The van der Waals surface area contributed by atoms with Crippen molar-refractivity contribution in [2.45, 2.75) is 40.0 Å². The van der Waals surface area contributed by atoms with Gasteiger partial charge in [0.05, 0.1) is 0 Å². The smallest absolute Gasteiger partial charge is 0.328 e. The van der Waals surface area contributed by atoms with Crippen molar-refractivity contribution in [1.82, 2.24) is 5.32 Å². The lowest BCUT2D eigenvalue weighted by atomic mass is 9.73. The first-order valence-electron chi connectivity index (χ1n) is 7.08. The highest BCUT2D eigenvalue weighted by Crippen LogP contribution is 2.40. The molecule has 0 fully saturated rings. The molecule has 4 nitrogen and oxygen atoms in total. The number of carboxylic acid groups (broad SMARTS) is 1. The summed E-state index contributed by atoms with van der Waals surface area (Å²) in [5.74, 6) is -1.32. The van der Waals surface area contributed by atoms with Crippen molar-refractivity contribution >= 4 is 11.9 Å². The molecular formula is C17H23NO3. The molecule has 0 spiro atoms. The molecule has 0 unspecified atom stereocenters. The minimum absolute atomic E-state index is 0.142. The molecule has 0 aromatic heterocycles. The zero-order valence-electron chi connectivity index (χ0n) is 12.8. The van der Waals surface area contributed by atoms with Gasteiger partial charge in [-0.3, -0.25) is 4.79 Å². The third-order valence-electron chi connectivity index (χ3n) is 3.62. The Morgan fingerprint density at radius 3 is 2.52 bits per heavy atom. The van der Waals surface area contributed by atoms with E-state index in [9.17, 15) is 9.59 Å². The fourth-order valence-corrected chi connectivity index (χ4v) is 2.55. The molecule has 0 saturated heterocycles. The molecular weight excluding hydrogens is 266 g/mol. The molecule has 0 aromatic rings. The standard InChI is InChI=1S/C17H23NO3/c1-13-7-6-11-17(2,3)14(13)10-12-18-15(19)8-4-5-9-16(20)21/h4-5,8-10,12H,6-7,11H2,1-3H3,(H,18,19)(H,20,21)/b8-4+,9-5+,12-10+. The lowest BCUT2D eigenvalue weighted by molar-refractivity contribution is -0.131. The molecule has 0 heterocycles. The molecule has 4 heteroatoms. The van der Waals surface area contributed by atoms with Crippen LogP contribution >= 0.6 is 0 Å². The highest BCUT2D eigenvalue weighted by atomic mass is 16.4. The van der Waals surface area contributed by atoms with Crippen molar-refractivity contribution in [2.75, 3.05) is 0 Å². The summed E-state index contributed by atoms with van der Waals surface area (Å²) in [7, 11) is 0. The van der Waals surface area contributed by atoms with Gasteiger partial charge in [0.1, 0.15) is 0 Å². The van der Waals surface area contributed by atoms with Crippen LogP contribution in [0.3, 0.4) is 0 Å². The molecule has 1 amide bonds. The second-order valence-electron chi connectivity index (χ2n) is 5.83. The number of amides is 1. The molecule has 21 heavy (non-hydrogen) atoms. The van der Waals surface area contributed by atoms with Crippen molar-refractivity contribution in [1.29, 1.82) is 0 Å². The zero-order chi connectivity index (χ0) is 15.9. The molecule has 0 atom stereocenters. The molecule has 0 radical (unpaired) electrons. The second-order valence-corrected chi connectivity index (χ2v) is 5.83. The van der Waals surface area contributed by atoms with Gasteiger partial charge in [0.2, 0.25) is 5.91 Å². The van der Waals surface area contributed by atoms with Gasteiger partial charge in [0.25, 0.3) is 0 Å². The first-order valence-corrected chi connectivity index (χ1v) is 7.08. The van der Waals surface area contributed by atoms with E-state index >= 15 is 0 Å². The average molecular weight is 289 g/mol. The maximum Gasteiger partial charge on any atom is 0.328 e. The summed E-state index contributed by atoms with van der Waals surface area (Å²) in [6.07, 6.45) is 12.0. The number of carbonyl (C=O) groups excluding carboxylic acids is 1. The number of hydrogen-bond donors (Lipinski definition) is 2. The second kappa shape index (κ2) is 7.62. The highest BCUT2D eigenvalue weighted by molar-refractivity contribution is 5.88. The quantitative estimate of drug-likeness (QED) is 0.602. The predicted molar refractivity (Wildman–Crippen MR) is 83.5 cm³/mol. The molecule has 1 aliphatic carbocycles. The van der Waals surface area contributed by atoms with Crippen LogP contribution in [0.25, 0.3) is 0 Å². The Labute approximate surface area is 125 Å². The minimum Gasteiger partial charge on any atom is -0.478 e. The number of aliphatic carboxylic acids is 1. The van der Waals surface area contributed by atoms with E-state index in [-0.39, 0.29) is 11.3 Å². The lowest BCUT2D eigenvalue weighted by Crippen LogP contribution is -2.20. The van der Waals surface area contributed by atoms with E-state index in [1.54, 1.807) is 6.20 Å². The van der Waals surface area contributed by atoms with Gasteiger partial charge in [-0.2, -0.15) is 0 Å². The number of carbonyl (C=O) groups is 2. The van der Waals surface area contributed by atoms with Crippen LogP contribution in [-0.4, -0.2) is 17.0 Å². The van der Waals surface area contributed by atoms with E-state index < -0.39 is 5.97 Å². The summed E-state index contributed by atoms with van der Waals surface area (Å²) in [5, 5.41) is 11.1. The SMILES string of the molecule is CC1=C(/C=C/NC(=O)/C=C/C=C/C(=O)O)C(C)(C)CCC1. The molecule has 1 rings (SSSR count). The Bertz CT molecular complexity index is 522. The summed E-state index contributed by atoms with van der Waals surface area (Å²) >= 11 is 0. The zero-order valence-corrected chi connectivity index (χ0v) is 12.8. The maximum atomic E-state index is 11.5. The summed E-state index contributed by atoms with van der Waals surface area (Å²) in [6, 6.07) is 0. The first kappa shape index (κ1) is 17.0. The molecule has 2 N–H and O–H groups in total. The third-order valence-corrected chi connectivity index (χ3v) is 3.62. The highest BCUT2D eigenvalue weighted by Gasteiger charge is 2.26. The van der Waals surface area contributed by atoms with Crippen LogP contribution < -0.4 is 5.32 Å². The normalized spacial score (nSPS) is 18.8. The molecule has 1 aliphatic rings. The Morgan fingerprint density at radius 1 is 1.24 bits per heavy atom. The van der Waals surface area contributed by atoms with Gasteiger partial charge in [-0.25, -0.2) is 4.79 Å². The van der Waals surface area contributed by atoms with Crippen molar-refractivity contribution in [2.24, 2.45) is 5.41 Å². The van der Waals surface area contributed by atoms with Gasteiger partial charge in [-0.15, -0.1) is 0 Å². The molecule has 114 valence electrons. The van der Waals surface area contributed by atoms with Gasteiger partial charge < -0.3 is 10.4 Å². The van der Waals surface area contributed by atoms with E-state index in [0.717, 1.165) is 18.9 Å². The fraction of sp³-hybridized carbons (Fsp3) is 0.412. The van der Waals surface area contributed by atoms with Crippen LogP contribution in [0.4, 0.5) is 0 Å². The number of rotatable bonds is 5. The van der Waals surface area contributed by atoms with Gasteiger partial charge in [0, 0.05) is 18.4 Å². The van der Waals surface area contributed by atoms with Crippen molar-refractivity contribution in [3.8, 4) is 0 Å². The molecule has 0 aliphatic heterocycles. The maximum absolute atomic E-state index is 11.5. The average Bonchev–Trinajstić information content (AvgIpc) is 2.37. The Morgan fingerprint density at radius 2 is 1.90 bits per heavy atom. The Kier molecular flexibility index (Phi) is 6.15. The Hall–Kier alpha value is -2.10. The van der Waals surface area contributed by atoms with Crippen LogP contribution in [0.2, 0.25) is 0 Å². The van der Waals surface area contributed by atoms with E-state index in [0.29, 0.717) is 0 Å². The monoisotopic (exact) mass is 289 g/mol. The van der Waals surface area contributed by atoms with E-state index in [1.807, 2.05) is 6.08 Å². The number of hydrogen-bond acceptors (Lipinski definition) is 2. The predicted octanol–water partition coefficient (Wildman–Crippen LogP) is 3.34. The third kappa shape index (κ3) is 5.81.